The molecule has 1 aliphatic carbocycles. The third-order valence-corrected chi connectivity index (χ3v) is 6.53. The molecule has 134 valence electrons. The van der Waals surface area contributed by atoms with Gasteiger partial charge in [0.15, 0.2) is 0 Å². The Morgan fingerprint density at radius 2 is 1.60 bits per heavy atom. The van der Waals surface area contributed by atoms with Gasteiger partial charge < -0.3 is 4.90 Å². The molecule has 0 aliphatic heterocycles. The Morgan fingerprint density at radius 3 is 2.28 bits per heavy atom. The van der Waals surface area contributed by atoms with Crippen molar-refractivity contribution in [3.63, 3.8) is 0 Å². The number of likely N-dealkylation sites (N-methyl/N-ethyl adjacent to an activating group) is 1. The molecule has 0 amide bonds. The van der Waals surface area contributed by atoms with Crippen LogP contribution in [0.5, 0.6) is 0 Å². The van der Waals surface area contributed by atoms with E-state index >= 15 is 0 Å². The number of anilines is 1. The SMILES string of the molecule is Cc1ccc(S(=O)(=O)N[C@@H]2CCCC[C@H]2N(C)c2ccccc2)cc1. The number of nitrogens with zero attached hydrogens (tertiary/aromatic N) is 1. The number of rotatable bonds is 5. The highest BCUT2D eigenvalue weighted by molar-refractivity contribution is 7.89. The lowest BCUT2D eigenvalue weighted by Crippen LogP contribution is -2.52. The summed E-state index contributed by atoms with van der Waals surface area (Å²) < 4.78 is 28.5. The lowest BCUT2D eigenvalue weighted by Gasteiger charge is -2.39. The number of hydrogen-bond acceptors (Lipinski definition) is 3. The van der Waals surface area contributed by atoms with Crippen LogP contribution in [0.4, 0.5) is 5.69 Å². The molecule has 2 aromatic carbocycles. The summed E-state index contributed by atoms with van der Waals surface area (Å²) in [5.41, 5.74) is 2.17. The second-order valence-electron chi connectivity index (χ2n) is 6.84. The average Bonchev–Trinajstić information content (AvgIpc) is 2.62. The van der Waals surface area contributed by atoms with E-state index in [0.717, 1.165) is 36.9 Å². The number of aryl methyl sites for hydroxylation is 1. The molecule has 0 bridgehead atoms. The maximum absolute atomic E-state index is 12.8. The fourth-order valence-corrected chi connectivity index (χ4v) is 4.86. The minimum atomic E-state index is -3.50. The average molecular weight is 359 g/mol. The van der Waals surface area contributed by atoms with E-state index in [1.165, 1.54) is 0 Å². The van der Waals surface area contributed by atoms with Crippen molar-refractivity contribution < 1.29 is 8.42 Å². The van der Waals surface area contributed by atoms with Crippen molar-refractivity contribution in [1.29, 1.82) is 0 Å². The van der Waals surface area contributed by atoms with Gasteiger partial charge in [-0.15, -0.1) is 0 Å². The smallest absolute Gasteiger partial charge is 0.240 e. The molecular formula is C20H26N2O2S. The molecule has 2 aromatic rings. The molecule has 1 fully saturated rings. The maximum atomic E-state index is 12.8. The van der Waals surface area contributed by atoms with Crippen LogP contribution in [0.15, 0.2) is 59.5 Å². The van der Waals surface area contributed by atoms with Crippen LogP contribution in [0.1, 0.15) is 31.2 Å². The van der Waals surface area contributed by atoms with E-state index in [0.29, 0.717) is 4.90 Å². The van der Waals surface area contributed by atoms with E-state index in [9.17, 15) is 8.42 Å². The third-order valence-electron chi connectivity index (χ3n) is 5.03. The van der Waals surface area contributed by atoms with E-state index in [1.807, 2.05) is 37.3 Å². The number of benzene rings is 2. The van der Waals surface area contributed by atoms with Gasteiger partial charge in [0.1, 0.15) is 0 Å². The van der Waals surface area contributed by atoms with E-state index < -0.39 is 10.0 Å². The molecule has 0 heterocycles. The zero-order valence-electron chi connectivity index (χ0n) is 14.9. The molecule has 3 rings (SSSR count). The standard InChI is InChI=1S/C20H26N2O2S/c1-16-12-14-18(15-13-16)25(23,24)21-19-10-6-7-11-20(19)22(2)17-8-4-3-5-9-17/h3-5,8-9,12-15,19-21H,6-7,10-11H2,1-2H3/t19-,20-/m1/s1. The van der Waals surface area contributed by atoms with E-state index in [4.69, 9.17) is 0 Å². The first kappa shape index (κ1) is 18.0. The van der Waals surface area contributed by atoms with Gasteiger partial charge in [-0.05, 0) is 44.0 Å². The Morgan fingerprint density at radius 1 is 0.960 bits per heavy atom. The quantitative estimate of drug-likeness (QED) is 0.886. The maximum Gasteiger partial charge on any atom is 0.240 e. The zero-order chi connectivity index (χ0) is 17.9. The van der Waals surface area contributed by atoms with Crippen LogP contribution < -0.4 is 9.62 Å². The van der Waals surface area contributed by atoms with Gasteiger partial charge in [-0.1, -0.05) is 48.7 Å². The molecule has 0 aromatic heterocycles. The van der Waals surface area contributed by atoms with Crippen molar-refractivity contribution in [2.24, 2.45) is 0 Å². The molecule has 2 atom stereocenters. The second kappa shape index (κ2) is 7.58. The van der Waals surface area contributed by atoms with Gasteiger partial charge in [0.25, 0.3) is 0 Å². The second-order valence-corrected chi connectivity index (χ2v) is 8.55. The highest BCUT2D eigenvalue weighted by Crippen LogP contribution is 2.27. The lowest BCUT2D eigenvalue weighted by molar-refractivity contribution is 0.351. The van der Waals surface area contributed by atoms with E-state index in [2.05, 4.69) is 28.8 Å². The van der Waals surface area contributed by atoms with Crippen LogP contribution in [0.25, 0.3) is 0 Å². The van der Waals surface area contributed by atoms with Gasteiger partial charge in [0, 0.05) is 24.8 Å². The predicted octanol–water partition coefficient (Wildman–Crippen LogP) is 3.72. The van der Waals surface area contributed by atoms with E-state index in [1.54, 1.807) is 12.1 Å². The monoisotopic (exact) mass is 358 g/mol. The van der Waals surface area contributed by atoms with Crippen LogP contribution in [-0.4, -0.2) is 27.5 Å². The first-order chi connectivity index (χ1) is 12.0. The first-order valence-corrected chi connectivity index (χ1v) is 10.3. The van der Waals surface area contributed by atoms with Crippen molar-refractivity contribution in [3.05, 3.63) is 60.2 Å². The van der Waals surface area contributed by atoms with Gasteiger partial charge in [-0.3, -0.25) is 0 Å². The molecule has 4 nitrogen and oxygen atoms in total. The van der Waals surface area contributed by atoms with Crippen LogP contribution in [-0.2, 0) is 10.0 Å². The number of sulfonamides is 1. The Labute approximate surface area is 150 Å². The third kappa shape index (κ3) is 4.22. The molecule has 5 heteroatoms. The highest BCUT2D eigenvalue weighted by atomic mass is 32.2. The molecule has 0 spiro atoms. The largest absolute Gasteiger partial charge is 0.370 e. The van der Waals surface area contributed by atoms with Crippen molar-refractivity contribution in [2.75, 3.05) is 11.9 Å². The van der Waals surface area contributed by atoms with Gasteiger partial charge in [-0.2, -0.15) is 0 Å². The summed E-state index contributed by atoms with van der Waals surface area (Å²) in [7, 11) is -1.45. The van der Waals surface area contributed by atoms with Gasteiger partial charge >= 0.3 is 0 Å². The fourth-order valence-electron chi connectivity index (χ4n) is 3.55. The minimum Gasteiger partial charge on any atom is -0.370 e. The van der Waals surface area contributed by atoms with Crippen molar-refractivity contribution >= 4 is 15.7 Å². The molecule has 1 aliphatic rings. The fraction of sp³-hybridized carbons (Fsp3) is 0.400. The molecular weight excluding hydrogens is 332 g/mol. The highest BCUT2D eigenvalue weighted by Gasteiger charge is 2.32. The van der Waals surface area contributed by atoms with E-state index in [-0.39, 0.29) is 12.1 Å². The topological polar surface area (TPSA) is 49.4 Å². The molecule has 0 unspecified atom stereocenters. The molecule has 25 heavy (non-hydrogen) atoms. The van der Waals surface area contributed by atoms with Crippen molar-refractivity contribution in [1.82, 2.24) is 4.72 Å². The Bertz CT molecular complexity index is 788. The Balaban J connectivity index is 1.80. The van der Waals surface area contributed by atoms with Crippen molar-refractivity contribution in [3.8, 4) is 0 Å². The van der Waals surface area contributed by atoms with Crippen LogP contribution in [0.3, 0.4) is 0 Å². The molecule has 1 N–H and O–H groups in total. The molecule has 0 radical (unpaired) electrons. The molecule has 1 saturated carbocycles. The van der Waals surface area contributed by atoms with Crippen LogP contribution in [0.2, 0.25) is 0 Å². The normalized spacial score (nSPS) is 21.0. The van der Waals surface area contributed by atoms with Crippen LogP contribution >= 0.6 is 0 Å². The Kier molecular flexibility index (Phi) is 5.45. The number of para-hydroxylation sites is 1. The minimum absolute atomic E-state index is 0.0785. The first-order valence-electron chi connectivity index (χ1n) is 8.84. The summed E-state index contributed by atoms with van der Waals surface area (Å²) in [6.07, 6.45) is 4.05. The van der Waals surface area contributed by atoms with Crippen molar-refractivity contribution in [2.45, 2.75) is 49.6 Å². The number of hydrogen-bond donors (Lipinski definition) is 1. The van der Waals surface area contributed by atoms with Crippen LogP contribution in [0, 0.1) is 6.92 Å². The number of nitrogens with one attached hydrogen (secondary N) is 1. The summed E-state index contributed by atoms with van der Waals surface area (Å²) in [6.45, 7) is 1.95. The lowest BCUT2D eigenvalue weighted by atomic mass is 9.90. The Hall–Kier alpha value is -1.85. The molecule has 0 saturated heterocycles. The zero-order valence-corrected chi connectivity index (χ0v) is 15.7. The van der Waals surface area contributed by atoms with Gasteiger partial charge in [0.05, 0.1) is 4.90 Å². The van der Waals surface area contributed by atoms with Gasteiger partial charge in [-0.25, -0.2) is 13.1 Å². The summed E-state index contributed by atoms with van der Waals surface area (Å²) >= 11 is 0. The predicted molar refractivity (Wildman–Crippen MR) is 102 cm³/mol. The summed E-state index contributed by atoms with van der Waals surface area (Å²) in [4.78, 5) is 2.55. The summed E-state index contributed by atoms with van der Waals surface area (Å²) in [6, 6.07) is 17.3. The summed E-state index contributed by atoms with van der Waals surface area (Å²) in [5.74, 6) is 0. The summed E-state index contributed by atoms with van der Waals surface area (Å²) in [5, 5.41) is 0. The van der Waals surface area contributed by atoms with Gasteiger partial charge in [0.2, 0.25) is 10.0 Å².